The third kappa shape index (κ3) is 5.48. The Hall–Kier alpha value is -1.30. The molecule has 0 aliphatic carbocycles. The molecular weight excluding hydrogens is 304 g/mol. The van der Waals surface area contributed by atoms with Gasteiger partial charge in [-0.3, -0.25) is 4.79 Å². The molecule has 1 unspecified atom stereocenters. The number of ether oxygens (including phenoxy) is 2. The summed E-state index contributed by atoms with van der Waals surface area (Å²) < 4.78 is 10.4. The molecule has 1 aromatic rings. The molecule has 1 aliphatic rings. The summed E-state index contributed by atoms with van der Waals surface area (Å²) >= 11 is 0. The minimum Gasteiger partial charge on any atom is -0.497 e. The second-order valence-corrected chi connectivity index (χ2v) is 5.36. The number of carbonyl (C=O) groups excluding carboxylic acids is 1. The predicted octanol–water partition coefficient (Wildman–Crippen LogP) is 1.53. The van der Waals surface area contributed by atoms with E-state index in [9.17, 15) is 4.79 Å². The molecule has 6 heteroatoms. The number of hydrogen-bond donors (Lipinski definition) is 2. The van der Waals surface area contributed by atoms with Gasteiger partial charge in [0.1, 0.15) is 5.75 Å². The average Bonchev–Trinajstić information content (AvgIpc) is 2.55. The Kier molecular flexibility index (Phi) is 8.24. The lowest BCUT2D eigenvalue weighted by atomic mass is 9.92. The van der Waals surface area contributed by atoms with Crippen molar-refractivity contribution in [2.45, 2.75) is 25.3 Å². The molecule has 1 saturated heterocycles. The summed E-state index contributed by atoms with van der Waals surface area (Å²) in [5.41, 5.74) is 7.19. The first-order valence-corrected chi connectivity index (χ1v) is 7.44. The SMILES string of the molecule is COc1ccc(CCNC(=O)C(N)C2CCOCC2)cc1.Cl. The number of halogens is 1. The van der Waals surface area contributed by atoms with Crippen LogP contribution in [0.1, 0.15) is 18.4 Å². The first-order valence-electron chi connectivity index (χ1n) is 7.44. The van der Waals surface area contributed by atoms with Gasteiger partial charge in [0.05, 0.1) is 13.2 Å². The van der Waals surface area contributed by atoms with Gasteiger partial charge in [-0.2, -0.15) is 0 Å². The highest BCUT2D eigenvalue weighted by Crippen LogP contribution is 2.17. The Morgan fingerprint density at radius 2 is 2.00 bits per heavy atom. The molecule has 1 aromatic carbocycles. The van der Waals surface area contributed by atoms with Crippen molar-refractivity contribution < 1.29 is 14.3 Å². The van der Waals surface area contributed by atoms with Crippen LogP contribution in [0.3, 0.4) is 0 Å². The van der Waals surface area contributed by atoms with Crippen LogP contribution in [-0.4, -0.2) is 38.8 Å². The Morgan fingerprint density at radius 1 is 1.36 bits per heavy atom. The number of amides is 1. The van der Waals surface area contributed by atoms with Crippen molar-refractivity contribution in [1.82, 2.24) is 5.32 Å². The van der Waals surface area contributed by atoms with E-state index >= 15 is 0 Å². The minimum absolute atomic E-state index is 0. The molecule has 1 aliphatic heterocycles. The van der Waals surface area contributed by atoms with Crippen molar-refractivity contribution in [3.8, 4) is 5.75 Å². The molecule has 1 fully saturated rings. The zero-order valence-electron chi connectivity index (χ0n) is 12.9. The molecular formula is C16H25ClN2O3. The van der Waals surface area contributed by atoms with Crippen LogP contribution in [0.5, 0.6) is 5.75 Å². The van der Waals surface area contributed by atoms with Crippen LogP contribution in [0.15, 0.2) is 24.3 Å². The first-order chi connectivity index (χ1) is 10.2. The highest BCUT2D eigenvalue weighted by atomic mass is 35.5. The standard InChI is InChI=1S/C16H24N2O3.ClH/c1-20-14-4-2-12(3-5-14)6-9-18-16(19)15(17)13-7-10-21-11-8-13;/h2-5,13,15H,6-11,17H2,1H3,(H,18,19);1H. The van der Waals surface area contributed by atoms with Crippen LogP contribution in [0.25, 0.3) is 0 Å². The largest absolute Gasteiger partial charge is 0.497 e. The highest BCUT2D eigenvalue weighted by molar-refractivity contribution is 5.85. The van der Waals surface area contributed by atoms with Crippen LogP contribution >= 0.6 is 12.4 Å². The zero-order valence-corrected chi connectivity index (χ0v) is 13.7. The second-order valence-electron chi connectivity index (χ2n) is 5.36. The van der Waals surface area contributed by atoms with Gasteiger partial charge < -0.3 is 20.5 Å². The van der Waals surface area contributed by atoms with E-state index in [0.29, 0.717) is 19.8 Å². The summed E-state index contributed by atoms with van der Waals surface area (Å²) in [6, 6.07) is 7.42. The van der Waals surface area contributed by atoms with Gasteiger partial charge in [-0.1, -0.05) is 12.1 Å². The molecule has 1 amide bonds. The van der Waals surface area contributed by atoms with E-state index in [1.54, 1.807) is 7.11 Å². The summed E-state index contributed by atoms with van der Waals surface area (Å²) in [4.78, 5) is 12.0. The Morgan fingerprint density at radius 3 is 2.59 bits per heavy atom. The number of benzene rings is 1. The maximum Gasteiger partial charge on any atom is 0.237 e. The van der Waals surface area contributed by atoms with E-state index in [1.165, 1.54) is 0 Å². The van der Waals surface area contributed by atoms with Crippen molar-refractivity contribution in [3.63, 3.8) is 0 Å². The number of methoxy groups -OCH3 is 1. The summed E-state index contributed by atoms with van der Waals surface area (Å²) in [5.74, 6) is 1.01. The van der Waals surface area contributed by atoms with E-state index in [1.807, 2.05) is 24.3 Å². The molecule has 0 spiro atoms. The number of nitrogens with two attached hydrogens (primary N) is 1. The minimum atomic E-state index is -0.426. The molecule has 1 heterocycles. The van der Waals surface area contributed by atoms with Crippen molar-refractivity contribution in [2.75, 3.05) is 26.9 Å². The molecule has 22 heavy (non-hydrogen) atoms. The molecule has 5 nitrogen and oxygen atoms in total. The van der Waals surface area contributed by atoms with E-state index < -0.39 is 6.04 Å². The summed E-state index contributed by atoms with van der Waals surface area (Å²) in [6.07, 6.45) is 2.52. The Balaban J connectivity index is 0.00000242. The molecule has 124 valence electrons. The lowest BCUT2D eigenvalue weighted by Crippen LogP contribution is -2.47. The molecule has 1 atom stereocenters. The van der Waals surface area contributed by atoms with Crippen molar-refractivity contribution in [2.24, 2.45) is 11.7 Å². The maximum atomic E-state index is 12.0. The van der Waals surface area contributed by atoms with Crippen molar-refractivity contribution in [3.05, 3.63) is 29.8 Å². The van der Waals surface area contributed by atoms with E-state index in [4.69, 9.17) is 15.2 Å². The van der Waals surface area contributed by atoms with Gasteiger partial charge in [0.15, 0.2) is 0 Å². The fourth-order valence-electron chi connectivity index (χ4n) is 2.53. The quantitative estimate of drug-likeness (QED) is 0.830. The van der Waals surface area contributed by atoms with Gasteiger partial charge in [-0.25, -0.2) is 0 Å². The van der Waals surface area contributed by atoms with Gasteiger partial charge in [0.25, 0.3) is 0 Å². The second kappa shape index (κ2) is 9.66. The molecule has 0 aromatic heterocycles. The molecule has 0 saturated carbocycles. The zero-order chi connectivity index (χ0) is 15.1. The lowest BCUT2D eigenvalue weighted by Gasteiger charge is -2.26. The number of rotatable bonds is 6. The fraction of sp³-hybridized carbons (Fsp3) is 0.562. The topological polar surface area (TPSA) is 73.6 Å². The summed E-state index contributed by atoms with van der Waals surface area (Å²) in [5, 5.41) is 2.92. The Bertz CT molecular complexity index is 447. The van der Waals surface area contributed by atoms with Crippen LogP contribution < -0.4 is 15.8 Å². The van der Waals surface area contributed by atoms with Crippen LogP contribution in [0.2, 0.25) is 0 Å². The summed E-state index contributed by atoms with van der Waals surface area (Å²) in [7, 11) is 1.65. The predicted molar refractivity (Wildman–Crippen MR) is 88.5 cm³/mol. The van der Waals surface area contributed by atoms with E-state index in [-0.39, 0.29) is 24.2 Å². The van der Waals surface area contributed by atoms with Gasteiger partial charge in [0, 0.05) is 19.8 Å². The van der Waals surface area contributed by atoms with Gasteiger partial charge in [-0.05, 0) is 42.9 Å². The van der Waals surface area contributed by atoms with E-state index in [2.05, 4.69) is 5.32 Å². The monoisotopic (exact) mass is 328 g/mol. The molecule has 0 radical (unpaired) electrons. The smallest absolute Gasteiger partial charge is 0.237 e. The molecule has 0 bridgehead atoms. The average molecular weight is 329 g/mol. The number of carbonyl (C=O) groups is 1. The third-order valence-electron chi connectivity index (χ3n) is 3.95. The molecule has 2 rings (SSSR count). The number of nitrogens with one attached hydrogen (secondary N) is 1. The van der Waals surface area contributed by atoms with Crippen molar-refractivity contribution in [1.29, 1.82) is 0 Å². The maximum absolute atomic E-state index is 12.0. The van der Waals surface area contributed by atoms with Gasteiger partial charge >= 0.3 is 0 Å². The van der Waals surface area contributed by atoms with Gasteiger partial charge in [-0.15, -0.1) is 12.4 Å². The van der Waals surface area contributed by atoms with Gasteiger partial charge in [0.2, 0.25) is 5.91 Å². The molecule has 3 N–H and O–H groups in total. The van der Waals surface area contributed by atoms with Crippen LogP contribution in [0, 0.1) is 5.92 Å². The third-order valence-corrected chi connectivity index (χ3v) is 3.95. The first kappa shape index (κ1) is 18.7. The normalized spacial score (nSPS) is 16.5. The fourth-order valence-corrected chi connectivity index (χ4v) is 2.53. The van der Waals surface area contributed by atoms with Crippen LogP contribution in [0.4, 0.5) is 0 Å². The van der Waals surface area contributed by atoms with Crippen LogP contribution in [-0.2, 0) is 16.0 Å². The van der Waals surface area contributed by atoms with E-state index in [0.717, 1.165) is 30.6 Å². The Labute approximate surface area is 138 Å². The lowest BCUT2D eigenvalue weighted by molar-refractivity contribution is -0.124. The summed E-state index contributed by atoms with van der Waals surface area (Å²) in [6.45, 7) is 2.01. The highest BCUT2D eigenvalue weighted by Gasteiger charge is 2.26. The van der Waals surface area contributed by atoms with Crippen molar-refractivity contribution >= 4 is 18.3 Å². The number of hydrogen-bond acceptors (Lipinski definition) is 4.